The van der Waals surface area contributed by atoms with Crippen molar-refractivity contribution in [2.24, 2.45) is 12.5 Å². The van der Waals surface area contributed by atoms with Gasteiger partial charge < -0.3 is 19.1 Å². The fraction of sp³-hybridized carbons (Fsp3) is 0.647. The van der Waals surface area contributed by atoms with Crippen LogP contribution in [0.1, 0.15) is 29.8 Å². The lowest BCUT2D eigenvalue weighted by Gasteiger charge is -2.39. The Balaban J connectivity index is 1.72. The number of carbonyl (C=O) groups is 2. The van der Waals surface area contributed by atoms with E-state index < -0.39 is 5.41 Å². The van der Waals surface area contributed by atoms with Crippen LogP contribution in [0.4, 0.5) is 0 Å². The summed E-state index contributed by atoms with van der Waals surface area (Å²) in [6, 6.07) is 1.68. The Morgan fingerprint density at radius 1 is 1.38 bits per heavy atom. The van der Waals surface area contributed by atoms with Crippen LogP contribution in [0.5, 0.6) is 0 Å². The number of rotatable bonds is 4. The topological polar surface area (TPSA) is 54.8 Å². The Labute approximate surface area is 147 Å². The molecule has 2 aliphatic heterocycles. The first-order chi connectivity index (χ1) is 11.5. The first kappa shape index (κ1) is 17.3. The van der Waals surface area contributed by atoms with E-state index in [2.05, 4.69) is 0 Å². The third kappa shape index (κ3) is 3.05. The molecule has 0 N–H and O–H groups in total. The number of piperidine rings is 1. The molecular formula is C17H24ClN3O3. The van der Waals surface area contributed by atoms with E-state index in [-0.39, 0.29) is 11.8 Å². The minimum Gasteiger partial charge on any atom is -0.383 e. The van der Waals surface area contributed by atoms with Crippen molar-refractivity contribution in [2.75, 3.05) is 39.9 Å². The Hall–Kier alpha value is -1.53. The van der Waals surface area contributed by atoms with E-state index in [1.807, 2.05) is 11.9 Å². The summed E-state index contributed by atoms with van der Waals surface area (Å²) < 4.78 is 6.84. The highest BCUT2D eigenvalue weighted by atomic mass is 35.5. The third-order valence-electron chi connectivity index (χ3n) is 5.22. The standard InChI is InChI=1S/C17H24ClN3O3/c1-19-11-13(18)10-14(19)15(22)21-7-5-17(12-21)4-3-6-20(16(17)23)8-9-24-2/h10-11H,3-9,12H2,1-2H3/t17-/m1/s1. The van der Waals surface area contributed by atoms with Crippen LogP contribution >= 0.6 is 11.6 Å². The Morgan fingerprint density at radius 3 is 2.83 bits per heavy atom. The van der Waals surface area contributed by atoms with Gasteiger partial charge in [0.05, 0.1) is 17.0 Å². The van der Waals surface area contributed by atoms with Crippen LogP contribution in [0.25, 0.3) is 0 Å². The second-order valence-electron chi connectivity index (χ2n) is 6.80. The van der Waals surface area contributed by atoms with Crippen LogP contribution in [0.2, 0.25) is 5.02 Å². The van der Waals surface area contributed by atoms with E-state index >= 15 is 0 Å². The van der Waals surface area contributed by atoms with Crippen molar-refractivity contribution in [1.29, 1.82) is 0 Å². The summed E-state index contributed by atoms with van der Waals surface area (Å²) in [5.74, 6) is 0.120. The number of aryl methyl sites for hydroxylation is 1. The molecule has 2 saturated heterocycles. The van der Waals surface area contributed by atoms with Crippen LogP contribution in [-0.2, 0) is 16.6 Å². The van der Waals surface area contributed by atoms with Crippen LogP contribution in [-0.4, -0.2) is 66.1 Å². The molecule has 1 atom stereocenters. The van der Waals surface area contributed by atoms with Crippen molar-refractivity contribution in [3.63, 3.8) is 0 Å². The third-order valence-corrected chi connectivity index (χ3v) is 5.43. The minimum atomic E-state index is -0.420. The Kier molecular flexibility index (Phi) is 4.88. The van der Waals surface area contributed by atoms with Gasteiger partial charge in [-0.1, -0.05) is 11.6 Å². The molecule has 132 valence electrons. The lowest BCUT2D eigenvalue weighted by Crippen LogP contribution is -2.51. The molecule has 1 aromatic heterocycles. The molecule has 0 aromatic carbocycles. The maximum atomic E-state index is 12.9. The summed E-state index contributed by atoms with van der Waals surface area (Å²) >= 11 is 5.99. The normalized spacial score (nSPS) is 24.2. The zero-order chi connectivity index (χ0) is 17.3. The molecule has 3 rings (SSSR count). The highest BCUT2D eigenvalue weighted by Crippen LogP contribution is 2.40. The van der Waals surface area contributed by atoms with Crippen molar-refractivity contribution in [3.8, 4) is 0 Å². The first-order valence-electron chi connectivity index (χ1n) is 8.36. The van der Waals surface area contributed by atoms with E-state index in [4.69, 9.17) is 16.3 Å². The SMILES string of the molecule is COCCN1CCC[C@]2(CCN(C(=O)c3cc(Cl)cn3C)C2)C1=O. The van der Waals surface area contributed by atoms with Gasteiger partial charge in [0.1, 0.15) is 5.69 Å². The van der Waals surface area contributed by atoms with Gasteiger partial charge in [0, 0.05) is 46.5 Å². The van der Waals surface area contributed by atoms with Crippen molar-refractivity contribution in [2.45, 2.75) is 19.3 Å². The fourth-order valence-corrected chi connectivity index (χ4v) is 4.14. The molecule has 2 amide bonds. The maximum Gasteiger partial charge on any atom is 0.270 e. The van der Waals surface area contributed by atoms with E-state index in [9.17, 15) is 9.59 Å². The number of hydrogen-bond donors (Lipinski definition) is 0. The molecule has 2 aliphatic rings. The first-order valence-corrected chi connectivity index (χ1v) is 8.74. The highest BCUT2D eigenvalue weighted by Gasteiger charge is 2.49. The molecule has 0 saturated carbocycles. The number of nitrogens with zero attached hydrogens (tertiary/aromatic N) is 3. The fourth-order valence-electron chi connectivity index (χ4n) is 3.89. The van der Waals surface area contributed by atoms with Gasteiger partial charge in [-0.25, -0.2) is 0 Å². The lowest BCUT2D eigenvalue weighted by molar-refractivity contribution is -0.146. The molecule has 0 unspecified atom stereocenters. The second kappa shape index (κ2) is 6.76. The van der Waals surface area contributed by atoms with Gasteiger partial charge in [-0.05, 0) is 25.3 Å². The Bertz CT molecular complexity index is 645. The molecule has 6 nitrogen and oxygen atoms in total. The molecule has 2 fully saturated rings. The number of hydrogen-bond acceptors (Lipinski definition) is 3. The smallest absolute Gasteiger partial charge is 0.270 e. The molecule has 7 heteroatoms. The van der Waals surface area contributed by atoms with Gasteiger partial charge >= 0.3 is 0 Å². The summed E-state index contributed by atoms with van der Waals surface area (Å²) in [5, 5.41) is 0.550. The van der Waals surface area contributed by atoms with Gasteiger partial charge in [-0.3, -0.25) is 9.59 Å². The minimum absolute atomic E-state index is 0.0527. The van der Waals surface area contributed by atoms with E-state index in [1.54, 1.807) is 28.8 Å². The van der Waals surface area contributed by atoms with Gasteiger partial charge in [0.2, 0.25) is 5.91 Å². The van der Waals surface area contributed by atoms with Gasteiger partial charge in [-0.15, -0.1) is 0 Å². The van der Waals surface area contributed by atoms with Crippen molar-refractivity contribution >= 4 is 23.4 Å². The average Bonchev–Trinajstić information content (AvgIpc) is 3.12. The monoisotopic (exact) mass is 353 g/mol. The molecular weight excluding hydrogens is 330 g/mol. The summed E-state index contributed by atoms with van der Waals surface area (Å²) in [6.07, 6.45) is 4.29. The van der Waals surface area contributed by atoms with E-state index in [0.717, 1.165) is 25.8 Å². The zero-order valence-electron chi connectivity index (χ0n) is 14.3. The molecule has 24 heavy (non-hydrogen) atoms. The average molecular weight is 354 g/mol. The van der Waals surface area contributed by atoms with E-state index in [1.165, 1.54) is 0 Å². The Morgan fingerprint density at radius 2 is 2.17 bits per heavy atom. The quantitative estimate of drug-likeness (QED) is 0.829. The second-order valence-corrected chi connectivity index (χ2v) is 7.24. The lowest BCUT2D eigenvalue weighted by atomic mass is 9.78. The van der Waals surface area contributed by atoms with Crippen molar-refractivity contribution in [1.82, 2.24) is 14.4 Å². The number of amides is 2. The number of aromatic nitrogens is 1. The molecule has 0 aliphatic carbocycles. The van der Waals surface area contributed by atoms with Gasteiger partial charge in [0.25, 0.3) is 5.91 Å². The number of ether oxygens (including phenoxy) is 1. The predicted octanol–water partition coefficient (Wildman–Crippen LogP) is 1.78. The van der Waals surface area contributed by atoms with Gasteiger partial charge in [0.15, 0.2) is 0 Å². The summed E-state index contributed by atoms with van der Waals surface area (Å²) in [7, 11) is 3.45. The molecule has 0 bridgehead atoms. The highest BCUT2D eigenvalue weighted by molar-refractivity contribution is 6.31. The summed E-state index contributed by atoms with van der Waals surface area (Å²) in [6.45, 7) is 3.07. The molecule has 1 spiro atoms. The van der Waals surface area contributed by atoms with Gasteiger partial charge in [-0.2, -0.15) is 0 Å². The van der Waals surface area contributed by atoms with Crippen LogP contribution in [0, 0.1) is 5.41 Å². The predicted molar refractivity (Wildman–Crippen MR) is 91.1 cm³/mol. The number of likely N-dealkylation sites (tertiary alicyclic amines) is 2. The zero-order valence-corrected chi connectivity index (χ0v) is 15.0. The van der Waals surface area contributed by atoms with Crippen molar-refractivity contribution < 1.29 is 14.3 Å². The number of carbonyl (C=O) groups excluding carboxylic acids is 2. The largest absolute Gasteiger partial charge is 0.383 e. The molecule has 0 radical (unpaired) electrons. The molecule has 3 heterocycles. The molecule has 1 aromatic rings. The number of methoxy groups -OCH3 is 1. The van der Waals surface area contributed by atoms with E-state index in [0.29, 0.717) is 37.0 Å². The summed E-state index contributed by atoms with van der Waals surface area (Å²) in [4.78, 5) is 29.4. The number of halogens is 1. The maximum absolute atomic E-state index is 12.9. The van der Waals surface area contributed by atoms with Crippen LogP contribution in [0.3, 0.4) is 0 Å². The van der Waals surface area contributed by atoms with Crippen molar-refractivity contribution in [3.05, 3.63) is 23.0 Å². The van der Waals surface area contributed by atoms with Crippen LogP contribution < -0.4 is 0 Å². The van der Waals surface area contributed by atoms with Crippen LogP contribution in [0.15, 0.2) is 12.3 Å². The summed E-state index contributed by atoms with van der Waals surface area (Å²) in [5.41, 5.74) is 0.146.